The van der Waals surface area contributed by atoms with Gasteiger partial charge in [0.25, 0.3) is 5.69 Å². The van der Waals surface area contributed by atoms with Gasteiger partial charge in [-0.15, -0.1) is 0 Å². The van der Waals surface area contributed by atoms with Crippen LogP contribution in [0.15, 0.2) is 46.4 Å². The molecule has 0 bridgehead atoms. The number of anilines is 1. The van der Waals surface area contributed by atoms with E-state index in [0.717, 1.165) is 6.07 Å². The number of hydrogen-bond donors (Lipinski definition) is 1. The molecule has 3 rings (SSSR count). The number of non-ortho nitro benzene ring substituents is 1. The van der Waals surface area contributed by atoms with Crippen LogP contribution in [0.2, 0.25) is 0 Å². The Morgan fingerprint density at radius 1 is 1.13 bits per heavy atom. The zero-order valence-electron chi connectivity index (χ0n) is 17.0. The van der Waals surface area contributed by atoms with Crippen molar-refractivity contribution in [3.63, 3.8) is 0 Å². The molecule has 1 saturated heterocycles. The van der Waals surface area contributed by atoms with Crippen LogP contribution in [0.4, 0.5) is 11.4 Å². The van der Waals surface area contributed by atoms with Crippen molar-refractivity contribution >= 4 is 27.6 Å². The van der Waals surface area contributed by atoms with E-state index < -0.39 is 14.9 Å². The van der Waals surface area contributed by atoms with E-state index in [1.165, 1.54) is 36.9 Å². The van der Waals surface area contributed by atoms with Crippen LogP contribution in [-0.4, -0.2) is 64.4 Å². The molecule has 1 aliphatic heterocycles. The quantitative estimate of drug-likeness (QED) is 0.367. The highest BCUT2D eigenvalue weighted by atomic mass is 32.2. The predicted octanol–water partition coefficient (Wildman–Crippen LogP) is 2.08. The number of hydrazone groups is 1. The number of ether oxygens (including phenoxy) is 3. The molecule has 166 valence electrons. The van der Waals surface area contributed by atoms with Crippen molar-refractivity contribution in [2.24, 2.45) is 5.10 Å². The van der Waals surface area contributed by atoms with E-state index in [2.05, 4.69) is 10.5 Å². The van der Waals surface area contributed by atoms with Gasteiger partial charge in [-0.25, -0.2) is 8.42 Å². The normalized spacial score (nSPS) is 15.0. The van der Waals surface area contributed by atoms with E-state index >= 15 is 0 Å². The third kappa shape index (κ3) is 5.10. The van der Waals surface area contributed by atoms with Crippen molar-refractivity contribution in [3.05, 3.63) is 52.1 Å². The maximum atomic E-state index is 13.1. The average Bonchev–Trinajstić information content (AvgIpc) is 2.79. The summed E-state index contributed by atoms with van der Waals surface area (Å²) in [6.45, 7) is 0.849. The molecule has 0 spiro atoms. The van der Waals surface area contributed by atoms with E-state index in [-0.39, 0.29) is 42.6 Å². The Labute approximate surface area is 179 Å². The summed E-state index contributed by atoms with van der Waals surface area (Å²) >= 11 is 0. The minimum Gasteiger partial charge on any atom is -0.493 e. The second-order valence-electron chi connectivity index (χ2n) is 6.44. The molecule has 0 atom stereocenters. The highest BCUT2D eigenvalue weighted by molar-refractivity contribution is 7.89. The molecule has 1 N–H and O–H groups in total. The number of methoxy groups -OCH3 is 2. The molecular weight excluding hydrogens is 428 g/mol. The second kappa shape index (κ2) is 9.73. The molecule has 1 heterocycles. The van der Waals surface area contributed by atoms with E-state index in [1.54, 1.807) is 18.2 Å². The van der Waals surface area contributed by atoms with Gasteiger partial charge in [-0.3, -0.25) is 15.5 Å². The smallest absolute Gasteiger partial charge is 0.270 e. The fraction of sp³-hybridized carbons (Fsp3) is 0.316. The molecule has 0 unspecified atom stereocenters. The summed E-state index contributed by atoms with van der Waals surface area (Å²) in [5.41, 5.74) is 3.13. The lowest BCUT2D eigenvalue weighted by molar-refractivity contribution is -0.385. The van der Waals surface area contributed by atoms with Gasteiger partial charge in [-0.05, 0) is 29.8 Å². The molecule has 0 amide bonds. The minimum atomic E-state index is -3.99. The highest BCUT2D eigenvalue weighted by Gasteiger charge is 2.30. The number of morpholine rings is 1. The number of nitro groups is 1. The Balaban J connectivity index is 1.90. The molecule has 31 heavy (non-hydrogen) atoms. The van der Waals surface area contributed by atoms with Crippen molar-refractivity contribution < 1.29 is 27.6 Å². The summed E-state index contributed by atoms with van der Waals surface area (Å²) in [7, 11) is -0.951. The van der Waals surface area contributed by atoms with Gasteiger partial charge in [-0.2, -0.15) is 9.41 Å². The number of nitrogens with zero attached hydrogens (tertiary/aromatic N) is 3. The van der Waals surface area contributed by atoms with E-state index in [4.69, 9.17) is 14.2 Å². The van der Waals surface area contributed by atoms with Gasteiger partial charge in [0.2, 0.25) is 10.0 Å². The molecular formula is C19H22N4O7S. The number of sulfonamides is 1. The van der Waals surface area contributed by atoms with Crippen LogP contribution in [-0.2, 0) is 14.8 Å². The van der Waals surface area contributed by atoms with E-state index in [1.807, 2.05) is 0 Å². The van der Waals surface area contributed by atoms with Crippen LogP contribution < -0.4 is 14.9 Å². The van der Waals surface area contributed by atoms with Crippen LogP contribution in [0.1, 0.15) is 5.56 Å². The Hall–Kier alpha value is -3.22. The van der Waals surface area contributed by atoms with Gasteiger partial charge in [0.05, 0.1) is 44.3 Å². The van der Waals surface area contributed by atoms with Gasteiger partial charge in [-0.1, -0.05) is 0 Å². The first kappa shape index (κ1) is 22.5. The molecule has 0 aromatic heterocycles. The maximum absolute atomic E-state index is 13.1. The number of nitrogens with one attached hydrogen (secondary N) is 1. The number of hydrogen-bond acceptors (Lipinski definition) is 9. The largest absolute Gasteiger partial charge is 0.493 e. The molecule has 1 fully saturated rings. The third-order valence-electron chi connectivity index (χ3n) is 4.57. The highest BCUT2D eigenvalue weighted by Crippen LogP contribution is 2.30. The van der Waals surface area contributed by atoms with Gasteiger partial charge >= 0.3 is 0 Å². The fourth-order valence-electron chi connectivity index (χ4n) is 2.97. The van der Waals surface area contributed by atoms with Crippen LogP contribution in [0.25, 0.3) is 0 Å². The van der Waals surface area contributed by atoms with Gasteiger partial charge in [0.1, 0.15) is 4.90 Å². The lowest BCUT2D eigenvalue weighted by Crippen LogP contribution is -2.40. The van der Waals surface area contributed by atoms with Crippen LogP contribution >= 0.6 is 0 Å². The Morgan fingerprint density at radius 2 is 1.84 bits per heavy atom. The summed E-state index contributed by atoms with van der Waals surface area (Å²) in [4.78, 5) is 10.3. The molecule has 0 radical (unpaired) electrons. The predicted molar refractivity (Wildman–Crippen MR) is 113 cm³/mol. The average molecular weight is 450 g/mol. The molecule has 2 aromatic rings. The Morgan fingerprint density at radius 3 is 2.48 bits per heavy atom. The molecule has 2 aromatic carbocycles. The summed E-state index contributed by atoms with van der Waals surface area (Å²) < 4.78 is 43.1. The van der Waals surface area contributed by atoms with E-state index in [0.29, 0.717) is 17.1 Å². The lowest BCUT2D eigenvalue weighted by Gasteiger charge is -2.26. The topological polar surface area (TPSA) is 133 Å². The van der Waals surface area contributed by atoms with Gasteiger partial charge in [0, 0.05) is 25.2 Å². The Bertz CT molecular complexity index is 1080. The van der Waals surface area contributed by atoms with Crippen molar-refractivity contribution in [1.29, 1.82) is 0 Å². The van der Waals surface area contributed by atoms with Gasteiger partial charge in [0.15, 0.2) is 11.5 Å². The maximum Gasteiger partial charge on any atom is 0.270 e. The van der Waals surface area contributed by atoms with Crippen LogP contribution in [0.3, 0.4) is 0 Å². The Kier molecular flexibility index (Phi) is 7.05. The first-order chi connectivity index (χ1) is 14.9. The van der Waals surface area contributed by atoms with Crippen LogP contribution in [0.5, 0.6) is 11.5 Å². The molecule has 0 saturated carbocycles. The summed E-state index contributed by atoms with van der Waals surface area (Å²) in [5.74, 6) is 1.07. The third-order valence-corrected chi connectivity index (χ3v) is 6.51. The molecule has 0 aliphatic carbocycles. The SMILES string of the molecule is COc1ccc(/C=N/Nc2ccc([N+](=O)[O-])cc2S(=O)(=O)N2CCOCC2)cc1OC. The first-order valence-electron chi connectivity index (χ1n) is 9.24. The summed E-state index contributed by atoms with van der Waals surface area (Å²) in [5, 5.41) is 15.3. The van der Waals surface area contributed by atoms with Crippen molar-refractivity contribution in [2.45, 2.75) is 4.90 Å². The standard InChI is InChI=1S/C19H22N4O7S/c1-28-17-6-3-14(11-18(17)29-2)13-20-21-16-5-4-15(23(24)25)12-19(16)31(26,27)22-7-9-30-10-8-22/h3-6,11-13,21H,7-10H2,1-2H3/b20-13+. The van der Waals surface area contributed by atoms with E-state index in [9.17, 15) is 18.5 Å². The minimum absolute atomic E-state index is 0.119. The zero-order chi connectivity index (χ0) is 22.4. The molecule has 1 aliphatic rings. The fourth-order valence-corrected chi connectivity index (χ4v) is 4.54. The molecule has 11 nitrogen and oxygen atoms in total. The number of benzene rings is 2. The van der Waals surface area contributed by atoms with Crippen molar-refractivity contribution in [3.8, 4) is 11.5 Å². The first-order valence-corrected chi connectivity index (χ1v) is 10.7. The monoisotopic (exact) mass is 450 g/mol. The number of nitro benzene ring substituents is 1. The summed E-state index contributed by atoms with van der Waals surface area (Å²) in [6.07, 6.45) is 1.47. The lowest BCUT2D eigenvalue weighted by atomic mass is 10.2. The van der Waals surface area contributed by atoms with Crippen LogP contribution in [0, 0.1) is 10.1 Å². The summed E-state index contributed by atoms with van der Waals surface area (Å²) in [6, 6.07) is 8.71. The van der Waals surface area contributed by atoms with Gasteiger partial charge < -0.3 is 14.2 Å². The van der Waals surface area contributed by atoms with Crippen molar-refractivity contribution in [1.82, 2.24) is 4.31 Å². The second-order valence-corrected chi connectivity index (χ2v) is 8.34. The van der Waals surface area contributed by atoms with Crippen molar-refractivity contribution in [2.75, 3.05) is 45.9 Å². The molecule has 12 heteroatoms. The number of rotatable bonds is 8. The zero-order valence-corrected chi connectivity index (χ0v) is 17.8.